The highest BCUT2D eigenvalue weighted by Crippen LogP contribution is 2.01. The smallest absolute Gasteiger partial charge is 0.140 e. The van der Waals surface area contributed by atoms with Crippen LogP contribution in [0, 0.1) is 11.8 Å². The summed E-state index contributed by atoms with van der Waals surface area (Å²) >= 11 is 0. The molecule has 0 amide bonds. The Kier molecular flexibility index (Phi) is 4.36. The van der Waals surface area contributed by atoms with Gasteiger partial charge in [0.2, 0.25) is 0 Å². The van der Waals surface area contributed by atoms with E-state index in [2.05, 4.69) is 38.5 Å². The van der Waals surface area contributed by atoms with Gasteiger partial charge in [-0.3, -0.25) is 4.84 Å². The second kappa shape index (κ2) is 5.32. The highest BCUT2D eigenvalue weighted by atomic mass is 16.7. The minimum absolute atomic E-state index is 0.0217. The van der Waals surface area contributed by atoms with Crippen LogP contribution < -0.4 is 5.48 Å². The molecule has 1 heterocycles. The summed E-state index contributed by atoms with van der Waals surface area (Å²) in [6.07, 6.45) is 0.922. The Morgan fingerprint density at radius 3 is 2.79 bits per heavy atom. The predicted molar refractivity (Wildman–Crippen MR) is 54.1 cm³/mol. The predicted octanol–water partition coefficient (Wildman–Crippen LogP) is -0.0364. The van der Waals surface area contributed by atoms with Crippen LogP contribution in [0.2, 0.25) is 0 Å². The zero-order valence-corrected chi connectivity index (χ0v) is 9.17. The molecule has 1 N–H and O–H groups in total. The molecule has 0 spiro atoms. The number of quaternary nitrogens is 1. The fraction of sp³-hybridized carbons (Fsp3) is 0.800. The first-order chi connectivity index (χ1) is 6.58. The molecule has 14 heavy (non-hydrogen) atoms. The fourth-order valence-electron chi connectivity index (χ4n) is 0.980. The lowest BCUT2D eigenvalue weighted by Gasteiger charge is -2.20. The van der Waals surface area contributed by atoms with Crippen LogP contribution in [0.4, 0.5) is 0 Å². The van der Waals surface area contributed by atoms with E-state index in [0.717, 1.165) is 24.1 Å². The SMILES string of the molecule is C[N+](C)(C)CC#CCO[C@H]1CCON1. The van der Waals surface area contributed by atoms with Crippen LogP contribution in [0.5, 0.6) is 0 Å². The molecule has 1 aliphatic heterocycles. The lowest BCUT2D eigenvalue weighted by molar-refractivity contribution is -0.862. The second-order valence-corrected chi connectivity index (χ2v) is 4.36. The molecule has 80 valence electrons. The van der Waals surface area contributed by atoms with Gasteiger partial charge in [-0.2, -0.15) is 5.48 Å². The topological polar surface area (TPSA) is 30.5 Å². The van der Waals surface area contributed by atoms with Crippen molar-refractivity contribution in [2.75, 3.05) is 40.9 Å². The molecule has 0 unspecified atom stereocenters. The minimum atomic E-state index is 0.0217. The Balaban J connectivity index is 2.07. The van der Waals surface area contributed by atoms with Crippen molar-refractivity contribution >= 4 is 0 Å². The van der Waals surface area contributed by atoms with Gasteiger partial charge in [-0.1, -0.05) is 5.92 Å². The third-order valence-electron chi connectivity index (χ3n) is 1.73. The van der Waals surface area contributed by atoms with Gasteiger partial charge in [0.1, 0.15) is 19.4 Å². The molecule has 0 aliphatic carbocycles. The molecular formula is C10H19N2O2+. The number of nitrogens with one attached hydrogen (secondary N) is 1. The summed E-state index contributed by atoms with van der Waals surface area (Å²) < 4.78 is 6.26. The zero-order valence-electron chi connectivity index (χ0n) is 9.17. The highest BCUT2D eigenvalue weighted by molar-refractivity contribution is 4.99. The fourth-order valence-corrected chi connectivity index (χ4v) is 0.980. The normalized spacial score (nSPS) is 21.8. The maximum atomic E-state index is 5.40. The summed E-state index contributed by atoms with van der Waals surface area (Å²) in [7, 11) is 6.34. The van der Waals surface area contributed by atoms with Crippen LogP contribution in [0.25, 0.3) is 0 Å². The molecular weight excluding hydrogens is 180 g/mol. The highest BCUT2D eigenvalue weighted by Gasteiger charge is 2.13. The first-order valence-corrected chi connectivity index (χ1v) is 4.83. The van der Waals surface area contributed by atoms with Gasteiger partial charge in [0.05, 0.1) is 27.7 Å². The maximum Gasteiger partial charge on any atom is 0.140 e. The van der Waals surface area contributed by atoms with Gasteiger partial charge in [0.25, 0.3) is 0 Å². The van der Waals surface area contributed by atoms with E-state index in [1.807, 2.05) is 0 Å². The van der Waals surface area contributed by atoms with Crippen LogP contribution in [0.3, 0.4) is 0 Å². The molecule has 4 heteroatoms. The number of hydrogen-bond donors (Lipinski definition) is 1. The molecule has 0 aromatic carbocycles. The van der Waals surface area contributed by atoms with Gasteiger partial charge in [-0.25, -0.2) is 0 Å². The largest absolute Gasteiger partial charge is 0.349 e. The van der Waals surface area contributed by atoms with E-state index in [1.165, 1.54) is 0 Å². The summed E-state index contributed by atoms with van der Waals surface area (Å²) in [5.41, 5.74) is 2.77. The van der Waals surface area contributed by atoms with E-state index in [4.69, 9.17) is 9.57 Å². The molecule has 0 bridgehead atoms. The van der Waals surface area contributed by atoms with Crippen molar-refractivity contribution in [3.05, 3.63) is 0 Å². The van der Waals surface area contributed by atoms with E-state index in [9.17, 15) is 0 Å². The Bertz CT molecular complexity index is 219. The van der Waals surface area contributed by atoms with Crippen molar-refractivity contribution in [1.82, 2.24) is 5.48 Å². The second-order valence-electron chi connectivity index (χ2n) is 4.36. The van der Waals surface area contributed by atoms with Gasteiger partial charge in [-0.15, -0.1) is 0 Å². The van der Waals surface area contributed by atoms with E-state index in [-0.39, 0.29) is 6.23 Å². The zero-order chi connectivity index (χ0) is 10.4. The molecule has 4 nitrogen and oxygen atoms in total. The van der Waals surface area contributed by atoms with Gasteiger partial charge < -0.3 is 9.22 Å². The summed E-state index contributed by atoms with van der Waals surface area (Å²) in [6.45, 7) is 2.04. The van der Waals surface area contributed by atoms with Crippen LogP contribution in [-0.2, 0) is 9.57 Å². The van der Waals surface area contributed by atoms with E-state index in [0.29, 0.717) is 6.61 Å². The molecule has 1 saturated heterocycles. The maximum absolute atomic E-state index is 5.40. The van der Waals surface area contributed by atoms with Crippen molar-refractivity contribution < 1.29 is 14.1 Å². The molecule has 0 aromatic rings. The summed E-state index contributed by atoms with van der Waals surface area (Å²) in [6, 6.07) is 0. The molecule has 1 atom stereocenters. The van der Waals surface area contributed by atoms with Crippen molar-refractivity contribution in [2.24, 2.45) is 0 Å². The number of hydroxylamine groups is 1. The lowest BCUT2D eigenvalue weighted by atomic mass is 10.4. The molecule has 0 aromatic heterocycles. The van der Waals surface area contributed by atoms with Crippen molar-refractivity contribution in [3.63, 3.8) is 0 Å². The number of ether oxygens (including phenoxy) is 1. The summed E-state index contributed by atoms with van der Waals surface area (Å²) in [5.74, 6) is 6.06. The van der Waals surface area contributed by atoms with Gasteiger partial charge in [-0.05, 0) is 5.92 Å². The average Bonchev–Trinajstić information content (AvgIpc) is 2.54. The van der Waals surface area contributed by atoms with E-state index < -0.39 is 0 Å². The van der Waals surface area contributed by atoms with Crippen molar-refractivity contribution in [2.45, 2.75) is 12.6 Å². The molecule has 0 saturated carbocycles. The van der Waals surface area contributed by atoms with Crippen LogP contribution in [-0.4, -0.2) is 51.6 Å². The van der Waals surface area contributed by atoms with Gasteiger partial charge in [0, 0.05) is 6.42 Å². The van der Waals surface area contributed by atoms with Crippen molar-refractivity contribution in [3.8, 4) is 11.8 Å². The van der Waals surface area contributed by atoms with Crippen LogP contribution >= 0.6 is 0 Å². The van der Waals surface area contributed by atoms with Crippen LogP contribution in [0.1, 0.15) is 6.42 Å². The lowest BCUT2D eigenvalue weighted by Crippen LogP contribution is -2.34. The minimum Gasteiger partial charge on any atom is -0.349 e. The van der Waals surface area contributed by atoms with E-state index in [1.54, 1.807) is 0 Å². The third kappa shape index (κ3) is 5.20. The summed E-state index contributed by atoms with van der Waals surface area (Å²) in [4.78, 5) is 4.94. The molecule has 0 radical (unpaired) electrons. The Morgan fingerprint density at radius 1 is 1.43 bits per heavy atom. The monoisotopic (exact) mass is 199 g/mol. The standard InChI is InChI=1S/C10H19N2O2/c1-12(2,3)7-4-5-8-13-10-6-9-14-11-10/h10-11H,6-9H2,1-3H3/q+1/t10-/m0/s1. The number of hydrogen-bond acceptors (Lipinski definition) is 3. The number of rotatable bonds is 3. The quantitative estimate of drug-likeness (QED) is 0.511. The third-order valence-corrected chi connectivity index (χ3v) is 1.73. The first-order valence-electron chi connectivity index (χ1n) is 4.83. The Labute approximate surface area is 85.7 Å². The van der Waals surface area contributed by atoms with Crippen molar-refractivity contribution in [1.29, 1.82) is 0 Å². The average molecular weight is 199 g/mol. The van der Waals surface area contributed by atoms with Gasteiger partial charge >= 0.3 is 0 Å². The summed E-state index contributed by atoms with van der Waals surface area (Å²) in [5, 5.41) is 0. The van der Waals surface area contributed by atoms with E-state index >= 15 is 0 Å². The molecule has 1 rings (SSSR count). The Morgan fingerprint density at radius 2 is 2.21 bits per heavy atom. The number of nitrogens with zero attached hydrogens (tertiary/aromatic N) is 1. The van der Waals surface area contributed by atoms with Crippen LogP contribution in [0.15, 0.2) is 0 Å². The van der Waals surface area contributed by atoms with Gasteiger partial charge in [0.15, 0.2) is 0 Å². The molecule has 1 fully saturated rings. The Hall–Kier alpha value is -0.600. The first kappa shape index (κ1) is 11.5. The molecule has 1 aliphatic rings.